The highest BCUT2D eigenvalue weighted by atomic mass is 15.3. The van der Waals surface area contributed by atoms with Crippen LogP contribution in [-0.4, -0.2) is 14.8 Å². The van der Waals surface area contributed by atoms with Gasteiger partial charge in [-0.1, -0.05) is 20.8 Å². The summed E-state index contributed by atoms with van der Waals surface area (Å²) in [5.41, 5.74) is 3.48. The van der Waals surface area contributed by atoms with E-state index in [9.17, 15) is 0 Å². The van der Waals surface area contributed by atoms with E-state index in [4.69, 9.17) is 0 Å². The van der Waals surface area contributed by atoms with Gasteiger partial charge in [0.25, 0.3) is 0 Å². The van der Waals surface area contributed by atoms with Gasteiger partial charge in [-0.15, -0.1) is 0 Å². The van der Waals surface area contributed by atoms with Gasteiger partial charge in [-0.2, -0.15) is 5.10 Å². The van der Waals surface area contributed by atoms with Crippen LogP contribution in [-0.2, 0) is 12.5 Å². The second kappa shape index (κ2) is 3.05. The SMILES string of the molecule is Cc1cc(C(C)(C)C)c2cnn(C)c2n1. The molecule has 80 valence electrons. The fourth-order valence-corrected chi connectivity index (χ4v) is 1.86. The summed E-state index contributed by atoms with van der Waals surface area (Å²) < 4.78 is 1.83. The molecule has 0 saturated carbocycles. The summed E-state index contributed by atoms with van der Waals surface area (Å²) in [4.78, 5) is 4.51. The van der Waals surface area contributed by atoms with Crippen LogP contribution in [0.5, 0.6) is 0 Å². The first-order chi connectivity index (χ1) is 6.89. The molecule has 0 aliphatic carbocycles. The molecule has 0 unspecified atom stereocenters. The number of fused-ring (bicyclic) bond motifs is 1. The van der Waals surface area contributed by atoms with Crippen molar-refractivity contribution in [2.75, 3.05) is 0 Å². The molecular weight excluding hydrogens is 186 g/mol. The fraction of sp³-hybridized carbons (Fsp3) is 0.500. The van der Waals surface area contributed by atoms with Gasteiger partial charge in [-0.05, 0) is 24.0 Å². The van der Waals surface area contributed by atoms with Crippen molar-refractivity contribution in [1.29, 1.82) is 0 Å². The van der Waals surface area contributed by atoms with Gasteiger partial charge in [0.05, 0.1) is 6.20 Å². The Hall–Kier alpha value is -1.38. The maximum absolute atomic E-state index is 4.51. The van der Waals surface area contributed by atoms with Gasteiger partial charge in [0.15, 0.2) is 5.65 Å². The lowest BCUT2D eigenvalue weighted by Gasteiger charge is -2.20. The normalized spacial score (nSPS) is 12.3. The van der Waals surface area contributed by atoms with E-state index in [1.54, 1.807) is 0 Å². The zero-order valence-electron chi connectivity index (χ0n) is 10.00. The molecule has 0 aromatic carbocycles. The Balaban J connectivity index is 2.84. The minimum absolute atomic E-state index is 0.134. The van der Waals surface area contributed by atoms with E-state index in [2.05, 4.69) is 36.9 Å². The maximum atomic E-state index is 4.51. The van der Waals surface area contributed by atoms with Gasteiger partial charge in [0, 0.05) is 18.1 Å². The molecule has 0 amide bonds. The Morgan fingerprint density at radius 2 is 1.93 bits per heavy atom. The molecule has 3 nitrogen and oxygen atoms in total. The van der Waals surface area contributed by atoms with E-state index in [-0.39, 0.29) is 5.41 Å². The molecule has 2 aromatic rings. The number of rotatable bonds is 0. The molecule has 0 N–H and O–H groups in total. The van der Waals surface area contributed by atoms with E-state index >= 15 is 0 Å². The van der Waals surface area contributed by atoms with Gasteiger partial charge < -0.3 is 0 Å². The zero-order valence-corrected chi connectivity index (χ0v) is 10.00. The number of aromatic nitrogens is 3. The summed E-state index contributed by atoms with van der Waals surface area (Å²) >= 11 is 0. The minimum atomic E-state index is 0.134. The van der Waals surface area contributed by atoms with Crippen molar-refractivity contribution in [2.45, 2.75) is 33.1 Å². The van der Waals surface area contributed by atoms with Gasteiger partial charge in [0.1, 0.15) is 0 Å². The molecular formula is C12H17N3. The van der Waals surface area contributed by atoms with E-state index < -0.39 is 0 Å². The Morgan fingerprint density at radius 1 is 1.27 bits per heavy atom. The molecule has 0 aliphatic rings. The molecule has 2 heterocycles. The van der Waals surface area contributed by atoms with Crippen molar-refractivity contribution in [3.05, 3.63) is 23.5 Å². The molecule has 0 aliphatic heterocycles. The second-order valence-electron chi connectivity index (χ2n) is 5.07. The van der Waals surface area contributed by atoms with Crippen LogP contribution in [0.25, 0.3) is 11.0 Å². The molecule has 2 rings (SSSR count). The first-order valence-electron chi connectivity index (χ1n) is 5.19. The number of aryl methyl sites for hydroxylation is 2. The van der Waals surface area contributed by atoms with E-state index in [0.29, 0.717) is 0 Å². The summed E-state index contributed by atoms with van der Waals surface area (Å²) in [6, 6.07) is 2.16. The average Bonchev–Trinajstić information content (AvgIpc) is 2.45. The quantitative estimate of drug-likeness (QED) is 0.659. The van der Waals surface area contributed by atoms with Crippen LogP contribution in [0.1, 0.15) is 32.0 Å². The molecule has 0 saturated heterocycles. The van der Waals surface area contributed by atoms with Crippen LogP contribution < -0.4 is 0 Å². The van der Waals surface area contributed by atoms with Crippen molar-refractivity contribution in [3.63, 3.8) is 0 Å². The van der Waals surface area contributed by atoms with Crippen molar-refractivity contribution in [1.82, 2.24) is 14.8 Å². The number of nitrogens with zero attached hydrogens (tertiary/aromatic N) is 3. The Labute approximate surface area is 90.1 Å². The molecule has 3 heteroatoms. The second-order valence-corrected chi connectivity index (χ2v) is 5.07. The summed E-state index contributed by atoms with van der Waals surface area (Å²) in [6.45, 7) is 8.68. The standard InChI is InChI=1S/C12H17N3/c1-8-6-10(12(2,3)4)9-7-13-15(5)11(9)14-8/h6-7H,1-5H3. The van der Waals surface area contributed by atoms with Crippen LogP contribution >= 0.6 is 0 Å². The smallest absolute Gasteiger partial charge is 0.158 e. The lowest BCUT2D eigenvalue weighted by Crippen LogP contribution is -2.12. The van der Waals surface area contributed by atoms with Gasteiger partial charge in [0.2, 0.25) is 0 Å². The van der Waals surface area contributed by atoms with Crippen molar-refractivity contribution < 1.29 is 0 Å². The summed E-state index contributed by atoms with van der Waals surface area (Å²) in [7, 11) is 1.93. The third-order valence-corrected chi connectivity index (χ3v) is 2.64. The predicted octanol–water partition coefficient (Wildman–Crippen LogP) is 2.57. The molecule has 0 radical (unpaired) electrons. The number of pyridine rings is 1. The van der Waals surface area contributed by atoms with E-state index in [1.807, 2.05) is 24.9 Å². The Bertz CT molecular complexity index is 503. The van der Waals surface area contributed by atoms with Crippen LogP contribution in [0.3, 0.4) is 0 Å². The monoisotopic (exact) mass is 203 g/mol. The molecule has 15 heavy (non-hydrogen) atoms. The van der Waals surface area contributed by atoms with Crippen molar-refractivity contribution >= 4 is 11.0 Å². The first-order valence-corrected chi connectivity index (χ1v) is 5.19. The van der Waals surface area contributed by atoms with Crippen LogP contribution in [0.15, 0.2) is 12.3 Å². The summed E-state index contributed by atoms with van der Waals surface area (Å²) in [5.74, 6) is 0. The molecule has 0 fully saturated rings. The lowest BCUT2D eigenvalue weighted by atomic mass is 9.85. The van der Waals surface area contributed by atoms with E-state index in [1.165, 1.54) is 5.56 Å². The molecule has 0 bridgehead atoms. The zero-order chi connectivity index (χ0) is 11.2. The van der Waals surface area contributed by atoms with Gasteiger partial charge >= 0.3 is 0 Å². The summed E-state index contributed by atoms with van der Waals surface area (Å²) in [6.07, 6.45) is 1.91. The van der Waals surface area contributed by atoms with Crippen LogP contribution in [0.2, 0.25) is 0 Å². The highest BCUT2D eigenvalue weighted by Crippen LogP contribution is 2.29. The van der Waals surface area contributed by atoms with Gasteiger partial charge in [-0.3, -0.25) is 4.68 Å². The molecule has 0 atom stereocenters. The Morgan fingerprint density at radius 3 is 2.53 bits per heavy atom. The van der Waals surface area contributed by atoms with Crippen LogP contribution in [0, 0.1) is 6.92 Å². The summed E-state index contributed by atoms with van der Waals surface area (Å²) in [5, 5.41) is 5.43. The third kappa shape index (κ3) is 1.62. The van der Waals surface area contributed by atoms with Crippen LogP contribution in [0.4, 0.5) is 0 Å². The van der Waals surface area contributed by atoms with Gasteiger partial charge in [-0.25, -0.2) is 4.98 Å². The largest absolute Gasteiger partial charge is 0.250 e. The minimum Gasteiger partial charge on any atom is -0.250 e. The lowest BCUT2D eigenvalue weighted by molar-refractivity contribution is 0.594. The predicted molar refractivity (Wildman–Crippen MR) is 61.9 cm³/mol. The Kier molecular flexibility index (Phi) is 2.07. The first kappa shape index (κ1) is 10.1. The number of hydrogen-bond donors (Lipinski definition) is 0. The van der Waals surface area contributed by atoms with Crippen molar-refractivity contribution in [2.24, 2.45) is 7.05 Å². The topological polar surface area (TPSA) is 30.7 Å². The number of hydrogen-bond acceptors (Lipinski definition) is 2. The highest BCUT2D eigenvalue weighted by Gasteiger charge is 2.19. The maximum Gasteiger partial charge on any atom is 0.158 e. The average molecular weight is 203 g/mol. The third-order valence-electron chi connectivity index (χ3n) is 2.64. The highest BCUT2D eigenvalue weighted by molar-refractivity contribution is 5.80. The molecule has 0 spiro atoms. The van der Waals surface area contributed by atoms with E-state index in [0.717, 1.165) is 16.7 Å². The molecule has 2 aromatic heterocycles. The fourth-order valence-electron chi connectivity index (χ4n) is 1.86. The van der Waals surface area contributed by atoms with Crippen molar-refractivity contribution in [3.8, 4) is 0 Å².